The van der Waals surface area contributed by atoms with E-state index in [0.29, 0.717) is 44.1 Å². The van der Waals surface area contributed by atoms with Crippen LogP contribution in [0.25, 0.3) is 0 Å². The highest BCUT2D eigenvalue weighted by Gasteiger charge is 2.61. The van der Waals surface area contributed by atoms with Gasteiger partial charge in [0.05, 0.1) is 55.1 Å². The molecule has 58 heavy (non-hydrogen) atoms. The van der Waals surface area contributed by atoms with Gasteiger partial charge in [-0.15, -0.1) is 0 Å². The van der Waals surface area contributed by atoms with Crippen LogP contribution in [0.3, 0.4) is 0 Å². The molecular weight excluding hydrogens is 760 g/mol. The summed E-state index contributed by atoms with van der Waals surface area (Å²) < 4.78 is 72.7. The number of methoxy groups -OCH3 is 3. The van der Waals surface area contributed by atoms with Crippen LogP contribution in [0.4, 0.5) is 0 Å². The van der Waals surface area contributed by atoms with Crippen molar-refractivity contribution in [1.29, 1.82) is 0 Å². The summed E-state index contributed by atoms with van der Waals surface area (Å²) in [7, 11) is 4.70. The van der Waals surface area contributed by atoms with Gasteiger partial charge in [-0.2, -0.15) is 0 Å². The molecule has 6 fully saturated rings. The maximum Gasteiger partial charge on any atom is 0.336 e. The summed E-state index contributed by atoms with van der Waals surface area (Å²) in [5.74, 6) is -2.67. The lowest BCUT2D eigenvalue weighted by molar-refractivity contribution is -0.353. The van der Waals surface area contributed by atoms with Gasteiger partial charge in [-0.05, 0) is 64.2 Å². The topological polar surface area (TPSA) is 185 Å². The average Bonchev–Trinajstić information content (AvgIpc) is 3.65. The van der Waals surface area contributed by atoms with E-state index < -0.39 is 104 Å². The highest BCUT2D eigenvalue weighted by atomic mass is 16.8. The lowest BCUT2D eigenvalue weighted by Gasteiger charge is -2.51. The summed E-state index contributed by atoms with van der Waals surface area (Å²) in [6, 6.07) is 0. The Bertz CT molecular complexity index is 1590. The second kappa shape index (κ2) is 16.7. The summed E-state index contributed by atoms with van der Waals surface area (Å²) in [4.78, 5) is 26.7. The Labute approximate surface area is 340 Å². The number of rotatable bonds is 9. The summed E-state index contributed by atoms with van der Waals surface area (Å²) >= 11 is 0. The van der Waals surface area contributed by atoms with Gasteiger partial charge in [0.1, 0.15) is 36.6 Å². The van der Waals surface area contributed by atoms with Gasteiger partial charge in [-0.25, -0.2) is 4.79 Å². The third-order valence-corrected chi connectivity index (χ3v) is 14.4. The normalized spacial score (nSPS) is 51.4. The first kappa shape index (κ1) is 42.6. The molecule has 326 valence electrons. The van der Waals surface area contributed by atoms with E-state index >= 15 is 0 Å². The standard InChI is InChI=1S/C42H62O16/c1-19-33(43)27(47-6)16-30(51-19)56-35-20(2)52-31(17-28(35)48-7)57-36-21(3)53-40(34(44)37(36)49-8)54-23-13-14-41(4)22(15-23)9-10-24-26(41)12-11-25-32-29(55-38(24)45)18-50-42(32,5)58-39(25)46/h9,11,19-21,23-24,26-37,40,43-44H,10,12-18H2,1-8H3/b25-11+/t19-,20+,21-,23+,24-,26+,27+,28+,29-,30+,31+,32-,33-,34-,35+,36-,37-,40+,41+,42-/m1/s1. The number of ether oxygens (including phenoxy) is 12. The van der Waals surface area contributed by atoms with Crippen molar-refractivity contribution < 1.29 is 76.6 Å². The van der Waals surface area contributed by atoms with E-state index in [1.54, 1.807) is 28.1 Å². The largest absolute Gasteiger partial charge is 0.459 e. The number of aliphatic hydroxyl groups excluding tert-OH is 2. The molecule has 0 amide bonds. The van der Waals surface area contributed by atoms with Crippen molar-refractivity contribution in [2.75, 3.05) is 27.9 Å². The third-order valence-electron chi connectivity index (χ3n) is 14.4. The van der Waals surface area contributed by atoms with Gasteiger partial charge in [0, 0.05) is 46.7 Å². The van der Waals surface area contributed by atoms with Crippen molar-refractivity contribution in [2.45, 2.75) is 177 Å². The van der Waals surface area contributed by atoms with Gasteiger partial charge >= 0.3 is 11.9 Å². The first-order valence-electron chi connectivity index (χ1n) is 21.0. The minimum absolute atomic E-state index is 0.0780. The lowest BCUT2D eigenvalue weighted by Crippen LogP contribution is -2.61. The van der Waals surface area contributed by atoms with E-state index in [2.05, 4.69) is 13.0 Å². The molecule has 0 aromatic carbocycles. The Morgan fingerprint density at radius 3 is 2.19 bits per heavy atom. The number of aliphatic hydroxyl groups is 2. The minimum atomic E-state index is -1.16. The molecular formula is C42H62O16. The van der Waals surface area contributed by atoms with E-state index in [1.165, 1.54) is 12.7 Å². The Kier molecular flexibility index (Phi) is 12.2. The monoisotopic (exact) mass is 822 g/mol. The van der Waals surface area contributed by atoms with Crippen LogP contribution >= 0.6 is 0 Å². The van der Waals surface area contributed by atoms with Crippen LogP contribution < -0.4 is 0 Å². The molecule has 0 aromatic heterocycles. The fourth-order valence-corrected chi connectivity index (χ4v) is 11.1. The van der Waals surface area contributed by atoms with Gasteiger partial charge in [-0.1, -0.05) is 24.6 Å². The fraction of sp³-hybridized carbons (Fsp3) is 0.857. The quantitative estimate of drug-likeness (QED) is 0.255. The molecule has 0 unspecified atom stereocenters. The van der Waals surface area contributed by atoms with Gasteiger partial charge in [0.15, 0.2) is 18.9 Å². The Hall–Kier alpha value is -2.06. The van der Waals surface area contributed by atoms with Crippen molar-refractivity contribution in [3.05, 3.63) is 23.3 Å². The number of esters is 2. The summed E-state index contributed by atoms with van der Waals surface area (Å²) in [6.45, 7) is 9.66. The van der Waals surface area contributed by atoms with Crippen LogP contribution in [-0.4, -0.2) is 148 Å². The molecule has 1 saturated carbocycles. The Morgan fingerprint density at radius 2 is 1.47 bits per heavy atom. The number of hydrogen-bond acceptors (Lipinski definition) is 16. The first-order chi connectivity index (χ1) is 27.7. The van der Waals surface area contributed by atoms with Crippen LogP contribution in [0.15, 0.2) is 23.3 Å². The minimum Gasteiger partial charge on any atom is -0.459 e. The highest BCUT2D eigenvalue weighted by Crippen LogP contribution is 2.56. The maximum atomic E-state index is 13.7. The van der Waals surface area contributed by atoms with Crippen molar-refractivity contribution in [2.24, 2.45) is 23.2 Å². The molecule has 0 radical (unpaired) electrons. The van der Waals surface area contributed by atoms with Gasteiger partial charge in [0.25, 0.3) is 0 Å². The summed E-state index contributed by atoms with van der Waals surface area (Å²) in [6.07, 6.45) is -1.34. The van der Waals surface area contributed by atoms with E-state index in [0.717, 1.165) is 6.42 Å². The number of carbonyl (C=O) groups is 2. The zero-order chi connectivity index (χ0) is 41.3. The predicted molar refractivity (Wildman–Crippen MR) is 199 cm³/mol. The van der Waals surface area contributed by atoms with E-state index in [1.807, 2.05) is 19.9 Å². The molecule has 8 rings (SSSR count). The molecule has 2 N–H and O–H groups in total. The number of fused-ring (bicyclic) bond motifs is 3. The lowest BCUT2D eigenvalue weighted by atomic mass is 9.55. The molecule has 16 nitrogen and oxygen atoms in total. The predicted octanol–water partition coefficient (Wildman–Crippen LogP) is 2.84. The molecule has 6 aliphatic heterocycles. The van der Waals surface area contributed by atoms with Crippen molar-refractivity contribution >= 4 is 11.9 Å². The van der Waals surface area contributed by atoms with Gasteiger partial charge in [-0.3, -0.25) is 4.79 Å². The zero-order valence-corrected chi connectivity index (χ0v) is 34.8. The molecule has 0 aromatic rings. The third kappa shape index (κ3) is 7.61. The van der Waals surface area contributed by atoms with Crippen LogP contribution in [-0.2, 0) is 66.4 Å². The number of hydrogen-bond donors (Lipinski definition) is 2. The van der Waals surface area contributed by atoms with Crippen LogP contribution in [0.5, 0.6) is 0 Å². The van der Waals surface area contributed by atoms with Crippen LogP contribution in [0.1, 0.15) is 79.6 Å². The van der Waals surface area contributed by atoms with Gasteiger partial charge < -0.3 is 67.1 Å². The second-order valence-electron chi connectivity index (χ2n) is 17.8. The fourth-order valence-electron chi connectivity index (χ4n) is 11.1. The smallest absolute Gasteiger partial charge is 0.336 e. The van der Waals surface area contributed by atoms with Gasteiger partial charge in [0.2, 0.25) is 5.79 Å². The molecule has 5 saturated heterocycles. The van der Waals surface area contributed by atoms with Crippen molar-refractivity contribution in [1.82, 2.24) is 0 Å². The number of carbonyl (C=O) groups excluding carboxylic acids is 2. The molecule has 16 heteroatoms. The Balaban J connectivity index is 0.889. The SMILES string of the molecule is CO[C@@H]1[C@@H](O)[C@H](O[C@H]2CC[C@@]3(C)C(=CC[C@H]4C(=O)O[C@@H]5CO[C@]6(C)OC(=O)/C(=C/C[C@@H]43)[C@H]56)C2)O[C@H](C)[C@H]1O[C@H]1C[C@H](OC)[C@@H](O[C@H]2C[C@H](OC)[C@H](O)[C@@H](C)O2)[C@H](C)O1. The summed E-state index contributed by atoms with van der Waals surface area (Å²) in [5.41, 5.74) is 1.40. The molecule has 6 heterocycles. The molecule has 2 aliphatic carbocycles. The number of allylic oxidation sites excluding steroid dienone is 2. The summed E-state index contributed by atoms with van der Waals surface area (Å²) in [5, 5.41) is 22.0. The van der Waals surface area contributed by atoms with Crippen molar-refractivity contribution in [3.8, 4) is 0 Å². The zero-order valence-electron chi connectivity index (χ0n) is 34.8. The molecule has 0 bridgehead atoms. The molecule has 0 spiro atoms. The average molecular weight is 823 g/mol. The van der Waals surface area contributed by atoms with Crippen LogP contribution in [0.2, 0.25) is 0 Å². The Morgan fingerprint density at radius 1 is 0.776 bits per heavy atom. The first-order valence-corrected chi connectivity index (χ1v) is 21.0. The molecule has 8 aliphatic rings. The molecule has 20 atom stereocenters. The van der Waals surface area contributed by atoms with Crippen LogP contribution in [0, 0.1) is 23.2 Å². The highest BCUT2D eigenvalue weighted by molar-refractivity contribution is 5.92. The maximum absolute atomic E-state index is 13.7. The van der Waals surface area contributed by atoms with E-state index in [-0.39, 0.29) is 35.9 Å². The van der Waals surface area contributed by atoms with E-state index in [4.69, 9.17) is 56.8 Å². The van der Waals surface area contributed by atoms with E-state index in [9.17, 15) is 19.8 Å². The second-order valence-corrected chi connectivity index (χ2v) is 17.8. The van der Waals surface area contributed by atoms with Crippen molar-refractivity contribution in [3.63, 3.8) is 0 Å².